The third-order valence-electron chi connectivity index (χ3n) is 3.52. The monoisotopic (exact) mass is 203 g/mol. The predicted molar refractivity (Wildman–Crippen MR) is 65.8 cm³/mol. The Morgan fingerprint density at radius 3 is 2.60 bits per heavy atom. The quantitative estimate of drug-likeness (QED) is 0.633. The van der Waals surface area contributed by atoms with Crippen LogP contribution in [0.5, 0.6) is 0 Å². The van der Waals surface area contributed by atoms with Gasteiger partial charge in [-0.1, -0.05) is 29.9 Å². The molecule has 2 rings (SSSR count). The zero-order chi connectivity index (χ0) is 10.7. The number of rotatable bonds is 1. The van der Waals surface area contributed by atoms with E-state index in [1.807, 2.05) is 0 Å². The summed E-state index contributed by atoms with van der Waals surface area (Å²) in [6.07, 6.45) is 13.1. The van der Waals surface area contributed by atoms with Crippen molar-refractivity contribution in [1.82, 2.24) is 4.90 Å². The Kier molecular flexibility index (Phi) is 3.42. The third kappa shape index (κ3) is 2.82. The normalized spacial score (nSPS) is 24.7. The fourth-order valence-electron chi connectivity index (χ4n) is 2.39. The molecule has 1 aliphatic heterocycles. The first kappa shape index (κ1) is 10.7. The molecule has 0 amide bonds. The van der Waals surface area contributed by atoms with Crippen LogP contribution in [-0.2, 0) is 0 Å². The summed E-state index contributed by atoms with van der Waals surface area (Å²) in [5.74, 6) is 0.803. The summed E-state index contributed by atoms with van der Waals surface area (Å²) in [6, 6.07) is 0. The van der Waals surface area contributed by atoms with E-state index in [9.17, 15) is 0 Å². The number of piperidine rings is 1. The number of likely N-dealkylation sites (tertiary alicyclic amines) is 1. The molecule has 1 nitrogen and oxygen atoms in total. The van der Waals surface area contributed by atoms with E-state index in [-0.39, 0.29) is 0 Å². The van der Waals surface area contributed by atoms with E-state index in [0.29, 0.717) is 0 Å². The van der Waals surface area contributed by atoms with Gasteiger partial charge in [-0.2, -0.15) is 0 Å². The van der Waals surface area contributed by atoms with Crippen LogP contribution in [0.4, 0.5) is 0 Å². The van der Waals surface area contributed by atoms with Crippen molar-refractivity contribution >= 4 is 0 Å². The Labute approximate surface area is 93.2 Å². The highest BCUT2D eigenvalue weighted by atomic mass is 15.1. The van der Waals surface area contributed by atoms with E-state index < -0.39 is 0 Å². The third-order valence-corrected chi connectivity index (χ3v) is 3.52. The molecule has 0 aromatic carbocycles. The van der Waals surface area contributed by atoms with Gasteiger partial charge >= 0.3 is 0 Å². The van der Waals surface area contributed by atoms with Gasteiger partial charge in [-0.25, -0.2) is 0 Å². The zero-order valence-corrected chi connectivity index (χ0v) is 9.87. The molecule has 0 bridgehead atoms. The SMILES string of the molecule is CC1=CCC=C(C2CCN(C)CC2)C=C1. The van der Waals surface area contributed by atoms with Crippen LogP contribution in [0.3, 0.4) is 0 Å². The summed E-state index contributed by atoms with van der Waals surface area (Å²) in [7, 11) is 2.22. The highest BCUT2D eigenvalue weighted by Gasteiger charge is 2.18. The topological polar surface area (TPSA) is 3.24 Å². The molecule has 2 aliphatic rings. The first-order valence-electron chi connectivity index (χ1n) is 5.99. The molecular weight excluding hydrogens is 182 g/mol. The lowest BCUT2D eigenvalue weighted by Gasteiger charge is -2.29. The molecule has 0 aromatic rings. The van der Waals surface area contributed by atoms with E-state index >= 15 is 0 Å². The molecule has 0 N–H and O–H groups in total. The van der Waals surface area contributed by atoms with Crippen molar-refractivity contribution in [1.29, 1.82) is 0 Å². The molecule has 0 unspecified atom stereocenters. The first-order valence-corrected chi connectivity index (χ1v) is 5.99. The van der Waals surface area contributed by atoms with Gasteiger partial charge in [0.1, 0.15) is 0 Å². The molecule has 0 aromatic heterocycles. The minimum atomic E-state index is 0.803. The number of hydrogen-bond acceptors (Lipinski definition) is 1. The van der Waals surface area contributed by atoms with Crippen molar-refractivity contribution in [2.75, 3.05) is 20.1 Å². The molecule has 82 valence electrons. The molecule has 1 aliphatic carbocycles. The zero-order valence-electron chi connectivity index (χ0n) is 9.87. The summed E-state index contributed by atoms with van der Waals surface area (Å²) in [4.78, 5) is 2.43. The van der Waals surface area contributed by atoms with Crippen molar-refractivity contribution in [2.24, 2.45) is 5.92 Å². The van der Waals surface area contributed by atoms with Gasteiger partial charge in [0.25, 0.3) is 0 Å². The molecule has 15 heavy (non-hydrogen) atoms. The van der Waals surface area contributed by atoms with Gasteiger partial charge in [0, 0.05) is 0 Å². The van der Waals surface area contributed by atoms with E-state index in [4.69, 9.17) is 0 Å². The van der Waals surface area contributed by atoms with Crippen molar-refractivity contribution in [2.45, 2.75) is 26.2 Å². The van der Waals surface area contributed by atoms with Gasteiger partial charge in [-0.3, -0.25) is 0 Å². The van der Waals surface area contributed by atoms with Gasteiger partial charge in [-0.05, 0) is 57.8 Å². The number of nitrogens with zero attached hydrogens (tertiary/aromatic N) is 1. The van der Waals surface area contributed by atoms with Gasteiger partial charge in [0.05, 0.1) is 0 Å². The predicted octanol–water partition coefficient (Wildman–Crippen LogP) is 3.16. The number of allylic oxidation sites excluding steroid dienone is 6. The second-order valence-corrected chi connectivity index (χ2v) is 4.80. The Bertz CT molecular complexity index is 301. The van der Waals surface area contributed by atoms with Crippen LogP contribution >= 0.6 is 0 Å². The summed E-state index contributed by atoms with van der Waals surface area (Å²) < 4.78 is 0. The Balaban J connectivity index is 2.00. The Hall–Kier alpha value is -0.820. The molecule has 0 saturated carbocycles. The van der Waals surface area contributed by atoms with Crippen molar-refractivity contribution in [3.8, 4) is 0 Å². The molecule has 0 atom stereocenters. The maximum atomic E-state index is 2.43. The summed E-state index contributed by atoms with van der Waals surface area (Å²) in [6.45, 7) is 4.69. The molecule has 1 fully saturated rings. The first-order chi connectivity index (χ1) is 7.25. The van der Waals surface area contributed by atoms with Crippen LogP contribution in [0, 0.1) is 5.92 Å². The maximum absolute atomic E-state index is 2.43. The lowest BCUT2D eigenvalue weighted by Crippen LogP contribution is -2.30. The molecule has 1 heteroatoms. The van der Waals surface area contributed by atoms with E-state index in [1.165, 1.54) is 31.5 Å². The fraction of sp³-hybridized carbons (Fsp3) is 0.571. The Morgan fingerprint density at radius 1 is 1.13 bits per heavy atom. The van der Waals surface area contributed by atoms with Gasteiger partial charge in [-0.15, -0.1) is 0 Å². The lowest BCUT2D eigenvalue weighted by molar-refractivity contribution is 0.240. The van der Waals surface area contributed by atoms with Crippen LogP contribution in [0.1, 0.15) is 26.2 Å². The second kappa shape index (κ2) is 4.80. The highest BCUT2D eigenvalue weighted by molar-refractivity contribution is 5.32. The van der Waals surface area contributed by atoms with Gasteiger partial charge < -0.3 is 4.90 Å². The van der Waals surface area contributed by atoms with E-state index in [1.54, 1.807) is 5.57 Å². The van der Waals surface area contributed by atoms with Crippen LogP contribution in [0.2, 0.25) is 0 Å². The van der Waals surface area contributed by atoms with Crippen molar-refractivity contribution in [3.63, 3.8) is 0 Å². The van der Waals surface area contributed by atoms with Gasteiger partial charge in [0.15, 0.2) is 0 Å². The standard InChI is InChI=1S/C14H21N/c1-12-4-3-5-13(7-6-12)14-8-10-15(2)11-9-14/h4-7,14H,3,8-11H2,1-2H3. The lowest BCUT2D eigenvalue weighted by atomic mass is 9.88. The average Bonchev–Trinajstić information content (AvgIpc) is 2.44. The van der Waals surface area contributed by atoms with Crippen LogP contribution in [-0.4, -0.2) is 25.0 Å². The van der Waals surface area contributed by atoms with Crippen LogP contribution < -0.4 is 0 Å². The molecule has 0 radical (unpaired) electrons. The van der Waals surface area contributed by atoms with Crippen molar-refractivity contribution in [3.05, 3.63) is 35.5 Å². The Morgan fingerprint density at radius 2 is 1.87 bits per heavy atom. The van der Waals surface area contributed by atoms with Crippen LogP contribution in [0.25, 0.3) is 0 Å². The van der Waals surface area contributed by atoms with Crippen LogP contribution in [0.15, 0.2) is 35.5 Å². The molecule has 1 saturated heterocycles. The van der Waals surface area contributed by atoms with E-state index in [0.717, 1.165) is 12.3 Å². The molecular formula is C14H21N. The summed E-state index contributed by atoms with van der Waals surface area (Å²) in [5, 5.41) is 0. The average molecular weight is 203 g/mol. The van der Waals surface area contributed by atoms with E-state index in [2.05, 4.69) is 43.2 Å². The second-order valence-electron chi connectivity index (χ2n) is 4.80. The number of hydrogen-bond donors (Lipinski definition) is 0. The minimum Gasteiger partial charge on any atom is -0.306 e. The van der Waals surface area contributed by atoms with Crippen molar-refractivity contribution < 1.29 is 0 Å². The fourth-order valence-corrected chi connectivity index (χ4v) is 2.39. The highest BCUT2D eigenvalue weighted by Crippen LogP contribution is 2.27. The molecule has 0 spiro atoms. The summed E-state index contributed by atoms with van der Waals surface area (Å²) in [5.41, 5.74) is 2.96. The van der Waals surface area contributed by atoms with Gasteiger partial charge in [0.2, 0.25) is 0 Å². The summed E-state index contributed by atoms with van der Waals surface area (Å²) >= 11 is 0. The largest absolute Gasteiger partial charge is 0.306 e. The smallest absolute Gasteiger partial charge is 0.00159 e. The minimum absolute atomic E-state index is 0.803. The molecule has 1 heterocycles. The maximum Gasteiger partial charge on any atom is -0.00159 e.